The maximum Gasteiger partial charge on any atom is 0.310 e. The van der Waals surface area contributed by atoms with Crippen molar-refractivity contribution in [3.63, 3.8) is 0 Å². The Hall–Kier alpha value is -1.57. The number of carbonyl (C=O) groups excluding carboxylic acids is 1. The molecule has 2 rings (SSSR count). The summed E-state index contributed by atoms with van der Waals surface area (Å²) in [7, 11) is 0. The van der Waals surface area contributed by atoms with E-state index in [1.807, 2.05) is 24.3 Å². The molecule has 18 heavy (non-hydrogen) atoms. The van der Waals surface area contributed by atoms with Crippen molar-refractivity contribution in [1.82, 2.24) is 0 Å². The Balaban J connectivity index is 2.04. The van der Waals surface area contributed by atoms with Gasteiger partial charge in [-0.2, -0.15) is 0 Å². The number of hydrogen-bond donors (Lipinski definition) is 0. The molecule has 0 radical (unpaired) electrons. The fourth-order valence-electron chi connectivity index (χ4n) is 2.49. The molecule has 0 amide bonds. The molecule has 0 spiro atoms. The standard InChI is InChI=1S/C16H20O2/c1-2-11-16(12-6-9-15(17)18-16)13-10-14-7-4-3-5-8-14/h3-8,12H,2,9-11,13H2,1H3. The molecule has 1 aromatic rings. The first-order valence-corrected chi connectivity index (χ1v) is 6.67. The highest BCUT2D eigenvalue weighted by Crippen LogP contribution is 2.30. The normalized spacial score (nSPS) is 22.8. The molecular weight excluding hydrogens is 224 g/mol. The van der Waals surface area contributed by atoms with Crippen LogP contribution in [0.15, 0.2) is 42.5 Å². The van der Waals surface area contributed by atoms with E-state index in [2.05, 4.69) is 25.1 Å². The zero-order valence-corrected chi connectivity index (χ0v) is 10.9. The van der Waals surface area contributed by atoms with Crippen molar-refractivity contribution >= 4 is 5.97 Å². The average Bonchev–Trinajstić information content (AvgIpc) is 2.38. The Kier molecular flexibility index (Phi) is 4.19. The van der Waals surface area contributed by atoms with Gasteiger partial charge in [-0.1, -0.05) is 49.8 Å². The third-order valence-corrected chi connectivity index (χ3v) is 3.38. The maximum absolute atomic E-state index is 11.5. The van der Waals surface area contributed by atoms with Gasteiger partial charge in [0, 0.05) is 0 Å². The van der Waals surface area contributed by atoms with Crippen LogP contribution in [0.3, 0.4) is 0 Å². The third-order valence-electron chi connectivity index (χ3n) is 3.38. The van der Waals surface area contributed by atoms with Gasteiger partial charge < -0.3 is 4.74 Å². The van der Waals surface area contributed by atoms with Crippen molar-refractivity contribution in [2.24, 2.45) is 0 Å². The molecule has 1 heterocycles. The van der Waals surface area contributed by atoms with E-state index < -0.39 is 0 Å². The minimum atomic E-state index is -0.375. The molecule has 0 N–H and O–H groups in total. The molecule has 0 saturated heterocycles. The van der Waals surface area contributed by atoms with Crippen molar-refractivity contribution in [2.45, 2.75) is 44.6 Å². The van der Waals surface area contributed by atoms with E-state index in [1.165, 1.54) is 5.56 Å². The van der Waals surface area contributed by atoms with E-state index in [0.29, 0.717) is 6.42 Å². The molecular formula is C16H20O2. The van der Waals surface area contributed by atoms with Crippen LogP contribution in [0.1, 0.15) is 38.2 Å². The molecule has 2 nitrogen and oxygen atoms in total. The molecule has 1 aromatic carbocycles. The predicted molar refractivity (Wildman–Crippen MR) is 72.3 cm³/mol. The average molecular weight is 244 g/mol. The van der Waals surface area contributed by atoms with Crippen LogP contribution in [0, 0.1) is 0 Å². The second kappa shape index (κ2) is 5.85. The summed E-state index contributed by atoms with van der Waals surface area (Å²) in [6.07, 6.45) is 8.18. The molecule has 1 unspecified atom stereocenters. The summed E-state index contributed by atoms with van der Waals surface area (Å²) in [6.45, 7) is 2.13. The van der Waals surface area contributed by atoms with E-state index >= 15 is 0 Å². The van der Waals surface area contributed by atoms with Crippen LogP contribution in [0.25, 0.3) is 0 Å². The summed E-state index contributed by atoms with van der Waals surface area (Å²) in [5.41, 5.74) is 0.919. The first-order chi connectivity index (χ1) is 8.74. The Bertz CT molecular complexity index is 422. The van der Waals surface area contributed by atoms with Gasteiger partial charge >= 0.3 is 5.97 Å². The number of ether oxygens (including phenoxy) is 1. The van der Waals surface area contributed by atoms with Crippen LogP contribution in [0.5, 0.6) is 0 Å². The van der Waals surface area contributed by atoms with Gasteiger partial charge in [-0.15, -0.1) is 0 Å². The van der Waals surface area contributed by atoms with E-state index in [1.54, 1.807) is 0 Å². The van der Waals surface area contributed by atoms with Gasteiger partial charge in [0.25, 0.3) is 0 Å². The number of rotatable bonds is 5. The van der Waals surface area contributed by atoms with Crippen LogP contribution in [0.4, 0.5) is 0 Å². The summed E-state index contributed by atoms with van der Waals surface area (Å²) in [5, 5.41) is 0. The molecule has 1 aliphatic rings. The molecule has 96 valence electrons. The fraction of sp³-hybridized carbons (Fsp3) is 0.438. The van der Waals surface area contributed by atoms with Gasteiger partial charge in [0.1, 0.15) is 5.60 Å². The van der Waals surface area contributed by atoms with Gasteiger partial charge in [-0.3, -0.25) is 4.79 Å². The van der Waals surface area contributed by atoms with Gasteiger partial charge in [-0.25, -0.2) is 0 Å². The lowest BCUT2D eigenvalue weighted by Gasteiger charge is -2.33. The topological polar surface area (TPSA) is 26.3 Å². The van der Waals surface area contributed by atoms with E-state index in [9.17, 15) is 4.79 Å². The Morgan fingerprint density at radius 3 is 2.67 bits per heavy atom. The number of esters is 1. The minimum absolute atomic E-state index is 0.0981. The van der Waals surface area contributed by atoms with Crippen LogP contribution in [-0.2, 0) is 16.0 Å². The highest BCUT2D eigenvalue weighted by molar-refractivity contribution is 5.73. The number of carbonyl (C=O) groups is 1. The quantitative estimate of drug-likeness (QED) is 0.583. The summed E-state index contributed by atoms with van der Waals surface area (Å²) in [5.74, 6) is -0.0981. The minimum Gasteiger partial charge on any atom is -0.455 e. The van der Waals surface area contributed by atoms with Crippen molar-refractivity contribution in [3.8, 4) is 0 Å². The molecule has 0 aliphatic carbocycles. The largest absolute Gasteiger partial charge is 0.455 e. The first-order valence-electron chi connectivity index (χ1n) is 6.67. The highest BCUT2D eigenvalue weighted by atomic mass is 16.6. The zero-order valence-electron chi connectivity index (χ0n) is 10.9. The molecule has 0 bridgehead atoms. The first kappa shape index (κ1) is 12.9. The number of hydrogen-bond acceptors (Lipinski definition) is 2. The second-order valence-corrected chi connectivity index (χ2v) is 4.88. The number of aryl methyl sites for hydroxylation is 1. The van der Waals surface area contributed by atoms with Gasteiger partial charge in [0.15, 0.2) is 0 Å². The molecule has 2 heteroatoms. The second-order valence-electron chi connectivity index (χ2n) is 4.88. The molecule has 0 fully saturated rings. The SMILES string of the molecule is CCCC1(CCc2ccccc2)C=CCC(=O)O1. The van der Waals surface area contributed by atoms with Crippen molar-refractivity contribution in [2.75, 3.05) is 0 Å². The molecule has 0 saturated carbocycles. The predicted octanol–water partition coefficient (Wildman–Crippen LogP) is 3.66. The summed E-state index contributed by atoms with van der Waals surface area (Å²) >= 11 is 0. The highest BCUT2D eigenvalue weighted by Gasteiger charge is 2.32. The van der Waals surface area contributed by atoms with Crippen molar-refractivity contribution < 1.29 is 9.53 Å². The lowest BCUT2D eigenvalue weighted by atomic mass is 9.88. The number of cyclic esters (lactones) is 1. The molecule has 1 aliphatic heterocycles. The van der Waals surface area contributed by atoms with Crippen LogP contribution in [0.2, 0.25) is 0 Å². The van der Waals surface area contributed by atoms with Crippen molar-refractivity contribution in [1.29, 1.82) is 0 Å². The summed E-state index contributed by atoms with van der Waals surface area (Å²) in [4.78, 5) is 11.5. The van der Waals surface area contributed by atoms with E-state index in [4.69, 9.17) is 4.74 Å². The Morgan fingerprint density at radius 2 is 2.00 bits per heavy atom. The Morgan fingerprint density at radius 1 is 1.22 bits per heavy atom. The van der Waals surface area contributed by atoms with E-state index in [0.717, 1.165) is 25.7 Å². The summed E-state index contributed by atoms with van der Waals surface area (Å²) in [6, 6.07) is 10.4. The molecule has 0 aromatic heterocycles. The van der Waals surface area contributed by atoms with Crippen LogP contribution in [-0.4, -0.2) is 11.6 Å². The zero-order chi connectivity index (χ0) is 12.8. The van der Waals surface area contributed by atoms with Gasteiger partial charge in [0.2, 0.25) is 0 Å². The lowest BCUT2D eigenvalue weighted by molar-refractivity contribution is -0.156. The monoisotopic (exact) mass is 244 g/mol. The lowest BCUT2D eigenvalue weighted by Crippen LogP contribution is -2.35. The smallest absolute Gasteiger partial charge is 0.310 e. The van der Waals surface area contributed by atoms with E-state index in [-0.39, 0.29) is 11.6 Å². The van der Waals surface area contributed by atoms with Crippen molar-refractivity contribution in [3.05, 3.63) is 48.0 Å². The third kappa shape index (κ3) is 3.22. The maximum atomic E-state index is 11.5. The fourth-order valence-corrected chi connectivity index (χ4v) is 2.49. The molecule has 1 atom stereocenters. The van der Waals surface area contributed by atoms with Crippen LogP contribution >= 0.6 is 0 Å². The number of benzene rings is 1. The van der Waals surface area contributed by atoms with Crippen LogP contribution < -0.4 is 0 Å². The Labute approximate surface area is 109 Å². The van der Waals surface area contributed by atoms with Gasteiger partial charge in [0.05, 0.1) is 6.42 Å². The van der Waals surface area contributed by atoms with Gasteiger partial charge in [-0.05, 0) is 30.9 Å². The summed E-state index contributed by atoms with van der Waals surface area (Å²) < 4.78 is 5.61.